The number of benzene rings is 5. The van der Waals surface area contributed by atoms with Crippen LogP contribution >= 0.6 is 0 Å². The summed E-state index contributed by atoms with van der Waals surface area (Å²) in [7, 11) is 0. The molecule has 0 aliphatic heterocycles. The van der Waals surface area contributed by atoms with Crippen molar-refractivity contribution in [2.75, 3.05) is 0 Å². The Labute approximate surface area is 272 Å². The van der Waals surface area contributed by atoms with Crippen molar-refractivity contribution in [3.05, 3.63) is 155 Å². The Morgan fingerprint density at radius 1 is 0.681 bits per heavy atom. The van der Waals surface area contributed by atoms with Gasteiger partial charge in [0.2, 0.25) is 0 Å². The quantitative estimate of drug-likeness (QED) is 0.0862. The molecule has 0 radical (unpaired) electrons. The molecule has 0 aliphatic carbocycles. The summed E-state index contributed by atoms with van der Waals surface area (Å²) in [4.78, 5) is 29.9. The fourth-order valence-electron chi connectivity index (χ4n) is 6.80. The van der Waals surface area contributed by atoms with E-state index in [1.165, 1.54) is 0 Å². The van der Waals surface area contributed by atoms with Gasteiger partial charge in [-0.3, -0.25) is 18.8 Å². The summed E-state index contributed by atoms with van der Waals surface area (Å²) in [5.41, 5.74) is 6.08. The maximum absolute atomic E-state index is 14.1. The van der Waals surface area contributed by atoms with Gasteiger partial charge in [0.05, 0.1) is 38.9 Å². The second-order valence-corrected chi connectivity index (χ2v) is 12.3. The van der Waals surface area contributed by atoms with Crippen LogP contribution < -0.4 is 5.56 Å². The van der Waals surface area contributed by atoms with Crippen LogP contribution in [0, 0.1) is 5.92 Å². The van der Waals surface area contributed by atoms with Gasteiger partial charge in [0.25, 0.3) is 5.56 Å². The molecule has 6 heteroatoms. The van der Waals surface area contributed by atoms with Crippen molar-refractivity contribution in [1.29, 1.82) is 0 Å². The topological polar surface area (TPSA) is 64.0 Å². The molecule has 0 spiro atoms. The predicted molar refractivity (Wildman–Crippen MR) is 195 cm³/mol. The van der Waals surface area contributed by atoms with E-state index >= 15 is 0 Å². The molecule has 0 amide bonds. The van der Waals surface area contributed by atoms with Crippen LogP contribution in [0.4, 0.5) is 0 Å². The third-order valence-electron chi connectivity index (χ3n) is 8.93. The molecular formula is C41H33N5O. The SMILES string of the molecule is CC(=NC(=NC(c1ccccc1)C(C)C)c1ccccc1)n1c2ccccc2c2c1c1ccccc1n1c(=O)c3ccccc3nc21. The van der Waals surface area contributed by atoms with Gasteiger partial charge in [0, 0.05) is 16.3 Å². The van der Waals surface area contributed by atoms with Gasteiger partial charge in [-0.25, -0.2) is 9.98 Å². The number of amidine groups is 1. The summed E-state index contributed by atoms with van der Waals surface area (Å²) in [6, 6.07) is 44.5. The van der Waals surface area contributed by atoms with Gasteiger partial charge in [-0.2, -0.15) is 0 Å². The van der Waals surface area contributed by atoms with E-state index in [1.54, 1.807) is 4.40 Å². The first-order chi connectivity index (χ1) is 23.0. The maximum atomic E-state index is 14.1. The van der Waals surface area contributed by atoms with Crippen LogP contribution in [0.2, 0.25) is 0 Å². The summed E-state index contributed by atoms with van der Waals surface area (Å²) in [5, 5.41) is 3.46. The van der Waals surface area contributed by atoms with E-state index in [0.717, 1.165) is 49.7 Å². The molecule has 0 N–H and O–H groups in total. The smallest absolute Gasteiger partial charge is 0.266 e. The number of rotatable bonds is 4. The van der Waals surface area contributed by atoms with Crippen molar-refractivity contribution < 1.29 is 0 Å². The lowest BCUT2D eigenvalue weighted by atomic mass is 9.96. The number of fused-ring (bicyclic) bond motifs is 9. The van der Waals surface area contributed by atoms with Gasteiger partial charge in [0.1, 0.15) is 5.84 Å². The molecule has 0 aliphatic rings. The molecule has 8 rings (SSSR count). The lowest BCUT2D eigenvalue weighted by Crippen LogP contribution is -2.17. The Morgan fingerprint density at radius 2 is 1.28 bits per heavy atom. The highest BCUT2D eigenvalue weighted by molar-refractivity contribution is 6.26. The van der Waals surface area contributed by atoms with Gasteiger partial charge >= 0.3 is 0 Å². The predicted octanol–water partition coefficient (Wildman–Crippen LogP) is 9.22. The molecular weight excluding hydrogens is 578 g/mol. The minimum atomic E-state index is -0.0787. The second-order valence-electron chi connectivity index (χ2n) is 12.3. The number of hydrogen-bond acceptors (Lipinski definition) is 3. The van der Waals surface area contributed by atoms with Gasteiger partial charge in [-0.15, -0.1) is 0 Å². The van der Waals surface area contributed by atoms with E-state index in [9.17, 15) is 4.79 Å². The van der Waals surface area contributed by atoms with E-state index in [1.807, 2.05) is 85.8 Å². The minimum Gasteiger partial charge on any atom is -0.297 e. The van der Waals surface area contributed by atoms with Crippen LogP contribution in [0.5, 0.6) is 0 Å². The van der Waals surface area contributed by atoms with Crippen molar-refractivity contribution in [3.63, 3.8) is 0 Å². The van der Waals surface area contributed by atoms with Gasteiger partial charge < -0.3 is 0 Å². The second kappa shape index (κ2) is 11.5. The van der Waals surface area contributed by atoms with Crippen LogP contribution in [0.1, 0.15) is 37.9 Å². The monoisotopic (exact) mass is 611 g/mol. The van der Waals surface area contributed by atoms with E-state index in [0.29, 0.717) is 22.4 Å². The maximum Gasteiger partial charge on any atom is 0.266 e. The molecule has 3 heterocycles. The molecule has 228 valence electrons. The van der Waals surface area contributed by atoms with E-state index in [2.05, 4.69) is 73.0 Å². The highest BCUT2D eigenvalue weighted by Gasteiger charge is 2.22. The Morgan fingerprint density at radius 3 is 2.00 bits per heavy atom. The van der Waals surface area contributed by atoms with Crippen LogP contribution in [0.25, 0.3) is 49.3 Å². The Bertz CT molecular complexity index is 2580. The number of hydrogen-bond donors (Lipinski definition) is 0. The fourth-order valence-corrected chi connectivity index (χ4v) is 6.80. The lowest BCUT2D eigenvalue weighted by Gasteiger charge is -2.19. The average molecular weight is 612 g/mol. The molecule has 6 nitrogen and oxygen atoms in total. The molecule has 0 bridgehead atoms. The van der Waals surface area contributed by atoms with E-state index in [-0.39, 0.29) is 17.5 Å². The molecule has 3 aromatic heterocycles. The third-order valence-corrected chi connectivity index (χ3v) is 8.93. The largest absolute Gasteiger partial charge is 0.297 e. The highest BCUT2D eigenvalue weighted by atomic mass is 16.1. The van der Waals surface area contributed by atoms with Crippen LogP contribution in [0.3, 0.4) is 0 Å². The lowest BCUT2D eigenvalue weighted by molar-refractivity contribution is 0.516. The number of nitrogens with zero attached hydrogens (tertiary/aromatic N) is 5. The van der Waals surface area contributed by atoms with Crippen molar-refractivity contribution >= 4 is 60.9 Å². The summed E-state index contributed by atoms with van der Waals surface area (Å²) in [6.45, 7) is 6.43. The zero-order valence-corrected chi connectivity index (χ0v) is 26.5. The van der Waals surface area contributed by atoms with Crippen molar-refractivity contribution in [1.82, 2.24) is 14.0 Å². The van der Waals surface area contributed by atoms with Crippen molar-refractivity contribution in [3.8, 4) is 0 Å². The number of aliphatic imine (C=N–C) groups is 2. The Hall–Kier alpha value is -5.88. The number of aromatic nitrogens is 3. The van der Waals surface area contributed by atoms with Crippen molar-refractivity contribution in [2.45, 2.75) is 26.8 Å². The summed E-state index contributed by atoms with van der Waals surface area (Å²) < 4.78 is 3.98. The molecule has 5 aromatic carbocycles. The summed E-state index contributed by atoms with van der Waals surface area (Å²) in [5.74, 6) is 1.70. The van der Waals surface area contributed by atoms with Crippen LogP contribution in [0.15, 0.2) is 148 Å². The standard InChI is InChI=1S/C41H33N5O/c1-26(2)37(28-16-6-4-7-17-28)44-39(29-18-8-5-9-19-29)42-27(3)45-34-24-14-11-21-31(34)36-38(45)32-22-12-15-25-35(32)46-40(36)43-33-23-13-10-20-30(33)41(46)47/h4-26,37H,1-3H3. The van der Waals surface area contributed by atoms with Crippen molar-refractivity contribution in [2.24, 2.45) is 15.9 Å². The highest BCUT2D eigenvalue weighted by Crippen LogP contribution is 2.37. The molecule has 8 aromatic rings. The third kappa shape index (κ3) is 4.72. The minimum absolute atomic E-state index is 0.0739. The number of pyridine rings is 1. The molecule has 47 heavy (non-hydrogen) atoms. The van der Waals surface area contributed by atoms with E-state index in [4.69, 9.17) is 15.0 Å². The Kier molecular flexibility index (Phi) is 6.98. The molecule has 0 saturated heterocycles. The summed E-state index contributed by atoms with van der Waals surface area (Å²) >= 11 is 0. The average Bonchev–Trinajstić information content (AvgIpc) is 3.46. The number of para-hydroxylation sites is 3. The molecule has 0 saturated carbocycles. The van der Waals surface area contributed by atoms with Crippen LogP contribution in [-0.2, 0) is 0 Å². The first-order valence-corrected chi connectivity index (χ1v) is 16.0. The normalized spacial score (nSPS) is 13.4. The zero-order chi connectivity index (χ0) is 32.1. The van der Waals surface area contributed by atoms with Gasteiger partial charge in [-0.05, 0) is 42.7 Å². The van der Waals surface area contributed by atoms with E-state index < -0.39 is 0 Å². The van der Waals surface area contributed by atoms with Crippen LogP contribution in [-0.4, -0.2) is 25.6 Å². The zero-order valence-electron chi connectivity index (χ0n) is 26.5. The van der Waals surface area contributed by atoms with Gasteiger partial charge in [-0.1, -0.05) is 123 Å². The molecule has 1 unspecified atom stereocenters. The fraction of sp³-hybridized carbons (Fsp3) is 0.122. The summed E-state index contributed by atoms with van der Waals surface area (Å²) in [6.07, 6.45) is 0. The molecule has 1 atom stereocenters. The molecule has 0 fully saturated rings. The Balaban J connectivity index is 1.48. The first kappa shape index (κ1) is 28.6. The van der Waals surface area contributed by atoms with Gasteiger partial charge in [0.15, 0.2) is 11.5 Å². The first-order valence-electron chi connectivity index (χ1n) is 16.0.